The van der Waals surface area contributed by atoms with Crippen LogP contribution in [0.5, 0.6) is 17.5 Å². The number of rotatable bonds is 3. The summed E-state index contributed by atoms with van der Waals surface area (Å²) in [6, 6.07) is 2.77. The number of hydroxylamine groups is 2. The Morgan fingerprint density at radius 2 is 1.38 bits per heavy atom. The lowest BCUT2D eigenvalue weighted by molar-refractivity contribution is -0.162. The smallest absolute Gasteiger partial charge is 0.287 e. The highest BCUT2D eigenvalue weighted by atomic mass is 16.7. The quantitative estimate of drug-likeness (QED) is 0.776. The van der Waals surface area contributed by atoms with Gasteiger partial charge < -0.3 is 15.1 Å². The van der Waals surface area contributed by atoms with E-state index in [4.69, 9.17) is 4.84 Å². The van der Waals surface area contributed by atoms with Gasteiger partial charge >= 0.3 is 0 Å². The normalized spacial score (nSPS) is 16.7. The van der Waals surface area contributed by atoms with Gasteiger partial charge in [0.2, 0.25) is 0 Å². The highest BCUT2D eigenvalue weighted by molar-refractivity contribution is 6.12. The van der Waals surface area contributed by atoms with Crippen molar-refractivity contribution in [1.29, 1.82) is 0 Å². The fraction of sp³-hybridized carbons (Fsp3) is 0.364. The number of hydrogen-bond donors (Lipinski definition) is 2. The van der Waals surface area contributed by atoms with Gasteiger partial charge in [0.25, 0.3) is 11.8 Å². The standard InChI is InChI=1S/C22H24N2O5/c1-13-14(2)21(23-17(25)9-10-18(23)26)22(29-24-19(27)11-12-20(24)28)16-8-6-4-3-5-7-15(13)16/h9-12,25-26H,3-8H2,1-2H3. The van der Waals surface area contributed by atoms with E-state index in [1.54, 1.807) is 0 Å². The number of benzene rings is 1. The van der Waals surface area contributed by atoms with Gasteiger partial charge in [-0.05, 0) is 56.2 Å². The minimum Gasteiger partial charge on any atom is -0.494 e. The Labute approximate surface area is 168 Å². The van der Waals surface area contributed by atoms with Gasteiger partial charge in [0.1, 0.15) is 5.69 Å². The van der Waals surface area contributed by atoms with E-state index >= 15 is 0 Å². The SMILES string of the molecule is Cc1c(C)c(-n2c(O)ccc2O)c(ON2C(=O)C=CC2=O)c2c1CCCCCC2. The summed E-state index contributed by atoms with van der Waals surface area (Å²) in [6.45, 7) is 3.91. The largest absolute Gasteiger partial charge is 0.494 e. The lowest BCUT2D eigenvalue weighted by Gasteiger charge is -2.27. The first-order chi connectivity index (χ1) is 13.9. The van der Waals surface area contributed by atoms with E-state index in [9.17, 15) is 19.8 Å². The van der Waals surface area contributed by atoms with E-state index in [0.717, 1.165) is 78.0 Å². The zero-order chi connectivity index (χ0) is 20.7. The zero-order valence-corrected chi connectivity index (χ0v) is 16.6. The van der Waals surface area contributed by atoms with Crippen LogP contribution in [0, 0.1) is 13.8 Å². The predicted octanol–water partition coefficient (Wildman–Crippen LogP) is 3.38. The maximum absolute atomic E-state index is 12.2. The summed E-state index contributed by atoms with van der Waals surface area (Å²) in [5, 5.41) is 21.5. The van der Waals surface area contributed by atoms with Gasteiger partial charge in [-0.25, -0.2) is 4.57 Å². The number of imide groups is 1. The van der Waals surface area contributed by atoms with Gasteiger partial charge in [-0.2, -0.15) is 0 Å². The molecule has 2 aromatic rings. The van der Waals surface area contributed by atoms with Crippen LogP contribution in [-0.4, -0.2) is 31.7 Å². The Balaban J connectivity index is 1.98. The van der Waals surface area contributed by atoms with Crippen LogP contribution < -0.4 is 4.84 Å². The molecule has 29 heavy (non-hydrogen) atoms. The fourth-order valence-electron chi connectivity index (χ4n) is 4.22. The second-order valence-electron chi connectivity index (χ2n) is 7.58. The summed E-state index contributed by atoms with van der Waals surface area (Å²) in [5.41, 5.74) is 4.39. The molecule has 2 N–H and O–H groups in total. The summed E-state index contributed by atoms with van der Waals surface area (Å²) >= 11 is 0. The number of aromatic nitrogens is 1. The molecule has 7 nitrogen and oxygen atoms in total. The minimum atomic E-state index is -0.556. The van der Waals surface area contributed by atoms with E-state index in [1.165, 1.54) is 16.7 Å². The first-order valence-corrected chi connectivity index (χ1v) is 9.89. The third-order valence-electron chi connectivity index (χ3n) is 5.84. The van der Waals surface area contributed by atoms with Crippen LogP contribution in [0.2, 0.25) is 0 Å². The molecule has 4 rings (SSSR count). The molecule has 152 valence electrons. The molecule has 2 heterocycles. The van der Waals surface area contributed by atoms with Gasteiger partial charge in [0, 0.05) is 29.8 Å². The molecule has 2 aliphatic rings. The average molecular weight is 396 g/mol. The molecule has 1 aliphatic heterocycles. The molecule has 0 saturated carbocycles. The van der Waals surface area contributed by atoms with Crippen molar-refractivity contribution in [3.8, 4) is 23.2 Å². The van der Waals surface area contributed by atoms with Gasteiger partial charge in [-0.15, -0.1) is 0 Å². The molecule has 0 radical (unpaired) electrons. The third kappa shape index (κ3) is 3.16. The lowest BCUT2D eigenvalue weighted by Crippen LogP contribution is -2.34. The maximum Gasteiger partial charge on any atom is 0.287 e. The molecule has 1 aromatic heterocycles. The Kier molecular flexibility index (Phi) is 4.82. The van der Waals surface area contributed by atoms with Crippen LogP contribution in [0.15, 0.2) is 24.3 Å². The summed E-state index contributed by atoms with van der Waals surface area (Å²) in [7, 11) is 0. The van der Waals surface area contributed by atoms with Gasteiger partial charge in [-0.3, -0.25) is 9.59 Å². The molecule has 7 heteroatoms. The van der Waals surface area contributed by atoms with Gasteiger partial charge in [0.15, 0.2) is 17.5 Å². The Bertz CT molecular complexity index is 997. The Morgan fingerprint density at radius 1 is 0.828 bits per heavy atom. The Hall–Kier alpha value is -3.22. The van der Waals surface area contributed by atoms with Crippen LogP contribution >= 0.6 is 0 Å². The number of carbonyl (C=O) groups excluding carboxylic acids is 2. The molecule has 0 atom stereocenters. The number of nitrogens with zero attached hydrogens (tertiary/aromatic N) is 2. The molecule has 1 aromatic carbocycles. The molecule has 0 bridgehead atoms. The minimum absolute atomic E-state index is 0.155. The van der Waals surface area contributed by atoms with Crippen LogP contribution in [0.3, 0.4) is 0 Å². The maximum atomic E-state index is 12.2. The van der Waals surface area contributed by atoms with E-state index in [2.05, 4.69) is 0 Å². The molecular formula is C22H24N2O5. The van der Waals surface area contributed by atoms with Crippen molar-refractivity contribution in [1.82, 2.24) is 9.63 Å². The average Bonchev–Trinajstić information content (AvgIpc) is 3.16. The number of carbonyl (C=O) groups is 2. The van der Waals surface area contributed by atoms with Crippen molar-refractivity contribution in [2.24, 2.45) is 0 Å². The van der Waals surface area contributed by atoms with E-state index in [0.29, 0.717) is 11.4 Å². The predicted molar refractivity (Wildman–Crippen MR) is 106 cm³/mol. The van der Waals surface area contributed by atoms with Crippen LogP contribution in [0.4, 0.5) is 0 Å². The van der Waals surface area contributed by atoms with Crippen molar-refractivity contribution in [3.05, 3.63) is 46.5 Å². The number of hydrogen-bond acceptors (Lipinski definition) is 5. The summed E-state index contributed by atoms with van der Waals surface area (Å²) in [5.74, 6) is -1.09. The van der Waals surface area contributed by atoms with E-state index in [1.807, 2.05) is 13.8 Å². The number of fused-ring (bicyclic) bond motifs is 1. The Morgan fingerprint density at radius 3 is 1.97 bits per heavy atom. The monoisotopic (exact) mass is 396 g/mol. The summed E-state index contributed by atoms with van der Waals surface area (Å²) in [4.78, 5) is 30.2. The number of amides is 2. The second kappa shape index (κ2) is 7.31. The highest BCUT2D eigenvalue weighted by Gasteiger charge is 2.32. The van der Waals surface area contributed by atoms with Crippen LogP contribution in [-0.2, 0) is 22.4 Å². The van der Waals surface area contributed by atoms with Crippen molar-refractivity contribution in [2.75, 3.05) is 0 Å². The lowest BCUT2D eigenvalue weighted by atomic mass is 9.86. The zero-order valence-electron chi connectivity index (χ0n) is 16.6. The molecule has 2 amide bonds. The van der Waals surface area contributed by atoms with Crippen molar-refractivity contribution in [2.45, 2.75) is 52.4 Å². The fourth-order valence-corrected chi connectivity index (χ4v) is 4.22. The molecule has 0 saturated heterocycles. The third-order valence-corrected chi connectivity index (χ3v) is 5.84. The second-order valence-corrected chi connectivity index (χ2v) is 7.58. The number of aromatic hydroxyl groups is 2. The summed E-state index contributed by atoms with van der Waals surface area (Å²) in [6.07, 6.45) is 8.18. The molecule has 0 fully saturated rings. The van der Waals surface area contributed by atoms with Gasteiger partial charge in [0.05, 0.1) is 0 Å². The first-order valence-electron chi connectivity index (χ1n) is 9.89. The first kappa shape index (κ1) is 19.1. The highest BCUT2D eigenvalue weighted by Crippen LogP contribution is 2.43. The molecular weight excluding hydrogens is 372 g/mol. The summed E-state index contributed by atoms with van der Waals surface area (Å²) < 4.78 is 1.29. The van der Waals surface area contributed by atoms with Crippen molar-refractivity contribution < 1.29 is 24.6 Å². The van der Waals surface area contributed by atoms with Gasteiger partial charge in [-0.1, -0.05) is 17.9 Å². The molecule has 0 unspecified atom stereocenters. The van der Waals surface area contributed by atoms with Crippen molar-refractivity contribution in [3.63, 3.8) is 0 Å². The van der Waals surface area contributed by atoms with Crippen LogP contribution in [0.1, 0.15) is 47.9 Å². The van der Waals surface area contributed by atoms with Crippen molar-refractivity contribution >= 4 is 11.8 Å². The van der Waals surface area contributed by atoms with Crippen LogP contribution in [0.25, 0.3) is 5.69 Å². The molecule has 1 aliphatic carbocycles. The topological polar surface area (TPSA) is 92.0 Å². The van der Waals surface area contributed by atoms with E-state index in [-0.39, 0.29) is 11.8 Å². The molecule has 0 spiro atoms. The van der Waals surface area contributed by atoms with E-state index < -0.39 is 11.8 Å².